The molecule has 2 rings (SSSR count). The molecule has 0 aromatic heterocycles. The molecule has 1 heterocycles. The maximum atomic E-state index is 5.92. The predicted molar refractivity (Wildman–Crippen MR) is 85.7 cm³/mol. The van der Waals surface area contributed by atoms with Gasteiger partial charge in [-0.3, -0.25) is 0 Å². The van der Waals surface area contributed by atoms with Crippen molar-refractivity contribution in [3.8, 4) is 5.75 Å². The zero-order valence-corrected chi connectivity index (χ0v) is 13.3. The fourth-order valence-electron chi connectivity index (χ4n) is 2.20. The highest BCUT2D eigenvalue weighted by Gasteiger charge is 2.24. The van der Waals surface area contributed by atoms with Gasteiger partial charge < -0.3 is 14.2 Å². The van der Waals surface area contributed by atoms with Gasteiger partial charge in [0.15, 0.2) is 0 Å². The molecule has 0 radical (unpaired) electrons. The van der Waals surface area contributed by atoms with Crippen molar-refractivity contribution < 1.29 is 14.2 Å². The third-order valence-electron chi connectivity index (χ3n) is 3.49. The Morgan fingerprint density at radius 2 is 2.19 bits per heavy atom. The van der Waals surface area contributed by atoms with Crippen molar-refractivity contribution in [3.05, 3.63) is 35.4 Å². The SMILES string of the molecule is CCC/C=C/c1ccc(OCC)cc1[C@@H](C)OC[C@H]1CO1. The highest BCUT2D eigenvalue weighted by molar-refractivity contribution is 5.56. The van der Waals surface area contributed by atoms with Gasteiger partial charge in [-0.05, 0) is 43.5 Å². The van der Waals surface area contributed by atoms with Crippen LogP contribution < -0.4 is 4.74 Å². The molecule has 21 heavy (non-hydrogen) atoms. The highest BCUT2D eigenvalue weighted by Crippen LogP contribution is 2.28. The molecular formula is C18H26O3. The summed E-state index contributed by atoms with van der Waals surface area (Å²) in [7, 11) is 0. The number of hydrogen-bond acceptors (Lipinski definition) is 3. The lowest BCUT2D eigenvalue weighted by molar-refractivity contribution is 0.0537. The van der Waals surface area contributed by atoms with Crippen LogP contribution in [0.15, 0.2) is 24.3 Å². The molecule has 1 aromatic rings. The monoisotopic (exact) mass is 290 g/mol. The fraction of sp³-hybridized carbons (Fsp3) is 0.556. The van der Waals surface area contributed by atoms with E-state index in [4.69, 9.17) is 14.2 Å². The maximum absolute atomic E-state index is 5.92. The average Bonchev–Trinajstić information content (AvgIpc) is 3.31. The number of epoxide rings is 1. The van der Waals surface area contributed by atoms with Gasteiger partial charge in [0.2, 0.25) is 0 Å². The van der Waals surface area contributed by atoms with Crippen molar-refractivity contribution >= 4 is 6.08 Å². The zero-order valence-electron chi connectivity index (χ0n) is 13.3. The van der Waals surface area contributed by atoms with Crippen LogP contribution in [0.2, 0.25) is 0 Å². The van der Waals surface area contributed by atoms with Gasteiger partial charge in [-0.25, -0.2) is 0 Å². The summed E-state index contributed by atoms with van der Waals surface area (Å²) < 4.78 is 16.7. The number of unbranched alkanes of at least 4 members (excludes halogenated alkanes) is 1. The molecule has 3 nitrogen and oxygen atoms in total. The number of allylic oxidation sites excluding steroid dienone is 1. The van der Waals surface area contributed by atoms with Crippen LogP contribution >= 0.6 is 0 Å². The van der Waals surface area contributed by atoms with E-state index in [-0.39, 0.29) is 6.10 Å². The summed E-state index contributed by atoms with van der Waals surface area (Å²) in [5.41, 5.74) is 2.38. The normalized spacial score (nSPS) is 18.9. The van der Waals surface area contributed by atoms with Crippen molar-refractivity contribution in [2.75, 3.05) is 19.8 Å². The largest absolute Gasteiger partial charge is 0.494 e. The van der Waals surface area contributed by atoms with Crippen molar-refractivity contribution in [1.29, 1.82) is 0 Å². The smallest absolute Gasteiger partial charge is 0.119 e. The molecule has 0 N–H and O–H groups in total. The van der Waals surface area contributed by atoms with E-state index in [0.29, 0.717) is 19.3 Å². The van der Waals surface area contributed by atoms with E-state index in [2.05, 4.69) is 38.1 Å². The van der Waals surface area contributed by atoms with Crippen LogP contribution in [0.4, 0.5) is 0 Å². The van der Waals surface area contributed by atoms with Crippen LogP contribution in [0.3, 0.4) is 0 Å². The first-order chi connectivity index (χ1) is 10.2. The first kappa shape index (κ1) is 16.1. The van der Waals surface area contributed by atoms with Crippen molar-refractivity contribution in [2.45, 2.75) is 45.8 Å². The summed E-state index contributed by atoms with van der Waals surface area (Å²) in [5.74, 6) is 0.901. The Balaban J connectivity index is 2.12. The minimum Gasteiger partial charge on any atom is -0.494 e. The lowest BCUT2D eigenvalue weighted by atomic mass is 10.0. The van der Waals surface area contributed by atoms with E-state index in [1.54, 1.807) is 0 Å². The van der Waals surface area contributed by atoms with E-state index < -0.39 is 0 Å². The molecule has 1 saturated heterocycles. The molecule has 0 amide bonds. The first-order valence-corrected chi connectivity index (χ1v) is 7.91. The average molecular weight is 290 g/mol. The zero-order chi connectivity index (χ0) is 15.1. The third kappa shape index (κ3) is 5.18. The number of benzene rings is 1. The fourth-order valence-corrected chi connectivity index (χ4v) is 2.20. The van der Waals surface area contributed by atoms with Gasteiger partial charge in [-0.1, -0.05) is 31.6 Å². The molecule has 1 aliphatic heterocycles. The number of rotatable bonds is 9. The minimum atomic E-state index is 0.0379. The van der Waals surface area contributed by atoms with Crippen LogP contribution in [0.25, 0.3) is 6.08 Å². The molecule has 1 aliphatic rings. The Labute approximate surface area is 127 Å². The van der Waals surface area contributed by atoms with Crippen LogP contribution in [-0.2, 0) is 9.47 Å². The summed E-state index contributed by atoms with van der Waals surface area (Å²) in [6.45, 7) is 8.44. The van der Waals surface area contributed by atoms with Gasteiger partial charge in [0.1, 0.15) is 11.9 Å². The van der Waals surface area contributed by atoms with Gasteiger partial charge in [0.25, 0.3) is 0 Å². The Hall–Kier alpha value is -1.32. The van der Waals surface area contributed by atoms with Gasteiger partial charge in [-0.2, -0.15) is 0 Å². The lowest BCUT2D eigenvalue weighted by Crippen LogP contribution is -2.08. The van der Waals surface area contributed by atoms with E-state index in [1.165, 1.54) is 11.1 Å². The second-order valence-corrected chi connectivity index (χ2v) is 5.35. The summed E-state index contributed by atoms with van der Waals surface area (Å²) in [5, 5.41) is 0. The molecule has 1 aromatic carbocycles. The van der Waals surface area contributed by atoms with Crippen LogP contribution in [0, 0.1) is 0 Å². The molecule has 0 spiro atoms. The molecule has 1 fully saturated rings. The molecule has 0 aliphatic carbocycles. The minimum absolute atomic E-state index is 0.0379. The summed E-state index contributed by atoms with van der Waals surface area (Å²) in [4.78, 5) is 0. The molecule has 2 atom stereocenters. The van der Waals surface area contributed by atoms with Gasteiger partial charge in [0, 0.05) is 0 Å². The molecule has 0 bridgehead atoms. The Morgan fingerprint density at radius 3 is 2.86 bits per heavy atom. The van der Waals surface area contributed by atoms with Crippen LogP contribution in [-0.4, -0.2) is 25.9 Å². The van der Waals surface area contributed by atoms with Crippen LogP contribution in [0.1, 0.15) is 50.8 Å². The predicted octanol–water partition coefficient (Wildman–Crippen LogP) is 4.38. The van der Waals surface area contributed by atoms with E-state index >= 15 is 0 Å². The molecule has 0 unspecified atom stereocenters. The van der Waals surface area contributed by atoms with Gasteiger partial charge >= 0.3 is 0 Å². The molecule has 116 valence electrons. The summed E-state index contributed by atoms with van der Waals surface area (Å²) in [6.07, 6.45) is 6.99. The van der Waals surface area contributed by atoms with Crippen LogP contribution in [0.5, 0.6) is 5.75 Å². The van der Waals surface area contributed by atoms with E-state index in [1.807, 2.05) is 13.0 Å². The summed E-state index contributed by atoms with van der Waals surface area (Å²) >= 11 is 0. The first-order valence-electron chi connectivity index (χ1n) is 7.91. The quantitative estimate of drug-likeness (QED) is 0.633. The topological polar surface area (TPSA) is 31.0 Å². The van der Waals surface area contributed by atoms with Crippen molar-refractivity contribution in [2.24, 2.45) is 0 Å². The molecule has 3 heteroatoms. The van der Waals surface area contributed by atoms with Crippen molar-refractivity contribution in [3.63, 3.8) is 0 Å². The van der Waals surface area contributed by atoms with E-state index in [9.17, 15) is 0 Å². The third-order valence-corrected chi connectivity index (χ3v) is 3.49. The number of hydrogen-bond donors (Lipinski definition) is 0. The number of ether oxygens (including phenoxy) is 3. The molecule has 0 saturated carbocycles. The Morgan fingerprint density at radius 1 is 1.38 bits per heavy atom. The second-order valence-electron chi connectivity index (χ2n) is 5.35. The lowest BCUT2D eigenvalue weighted by Gasteiger charge is -2.17. The Bertz CT molecular complexity index is 464. The molecular weight excluding hydrogens is 264 g/mol. The summed E-state index contributed by atoms with van der Waals surface area (Å²) in [6, 6.07) is 6.23. The standard InChI is InChI=1S/C18H26O3/c1-4-6-7-8-15-9-10-16(19-5-2)11-18(15)14(3)20-12-17-13-21-17/h7-11,14,17H,4-6,12-13H2,1-3H3/b8-7+/t14-,17+/m1/s1. The van der Waals surface area contributed by atoms with E-state index in [0.717, 1.165) is 25.2 Å². The highest BCUT2D eigenvalue weighted by atomic mass is 16.6. The second kappa shape index (κ2) is 8.20. The Kier molecular flexibility index (Phi) is 6.27. The maximum Gasteiger partial charge on any atom is 0.119 e. The van der Waals surface area contributed by atoms with Gasteiger partial charge in [0.05, 0.1) is 25.9 Å². The van der Waals surface area contributed by atoms with Crippen molar-refractivity contribution in [1.82, 2.24) is 0 Å². The van der Waals surface area contributed by atoms with Gasteiger partial charge in [-0.15, -0.1) is 0 Å².